The van der Waals surface area contributed by atoms with Gasteiger partial charge in [0.05, 0.1) is 7.11 Å². The van der Waals surface area contributed by atoms with Crippen LogP contribution in [0.1, 0.15) is 29.4 Å². The minimum atomic E-state index is -0.452. The van der Waals surface area contributed by atoms with E-state index in [0.29, 0.717) is 22.8 Å². The van der Waals surface area contributed by atoms with Crippen LogP contribution in [0.2, 0.25) is 0 Å². The predicted octanol–water partition coefficient (Wildman–Crippen LogP) is 3.06. The van der Waals surface area contributed by atoms with Gasteiger partial charge in [0.2, 0.25) is 5.91 Å². The zero-order valence-corrected chi connectivity index (χ0v) is 13.0. The number of carbonyl (C=O) groups excluding carboxylic acids is 2. The first-order chi connectivity index (χ1) is 10.5. The highest BCUT2D eigenvalue weighted by Crippen LogP contribution is 2.19. The summed E-state index contributed by atoms with van der Waals surface area (Å²) in [5, 5.41) is 4.60. The first-order valence-electron chi connectivity index (χ1n) is 6.58. The lowest BCUT2D eigenvalue weighted by atomic mass is 10.1. The van der Waals surface area contributed by atoms with Crippen LogP contribution < -0.4 is 10.1 Å². The van der Waals surface area contributed by atoms with E-state index in [2.05, 4.69) is 10.3 Å². The molecule has 2 rings (SSSR count). The average molecular weight is 322 g/mol. The van der Waals surface area contributed by atoms with E-state index in [1.807, 2.05) is 0 Å². The van der Waals surface area contributed by atoms with Crippen molar-refractivity contribution < 1.29 is 18.7 Å². The van der Waals surface area contributed by atoms with E-state index >= 15 is 0 Å². The number of carbonyl (C=O) groups is 2. The number of halogens is 1. The van der Waals surface area contributed by atoms with Crippen LogP contribution in [0.5, 0.6) is 5.75 Å². The van der Waals surface area contributed by atoms with Crippen molar-refractivity contribution in [3.05, 3.63) is 40.7 Å². The van der Waals surface area contributed by atoms with Crippen LogP contribution in [0.4, 0.5) is 9.52 Å². The van der Waals surface area contributed by atoms with E-state index in [0.717, 1.165) is 0 Å². The second kappa shape index (κ2) is 7.13. The highest BCUT2D eigenvalue weighted by Gasteiger charge is 2.10. The fraction of sp³-hybridized carbons (Fsp3) is 0.267. The van der Waals surface area contributed by atoms with Crippen molar-refractivity contribution in [2.45, 2.75) is 19.8 Å². The molecule has 1 aromatic carbocycles. The molecule has 0 fully saturated rings. The van der Waals surface area contributed by atoms with Gasteiger partial charge in [-0.15, -0.1) is 11.3 Å². The Bertz CT molecular complexity index is 700. The van der Waals surface area contributed by atoms with E-state index in [1.54, 1.807) is 11.4 Å². The van der Waals surface area contributed by atoms with Gasteiger partial charge in [-0.25, -0.2) is 9.37 Å². The molecule has 5 nitrogen and oxygen atoms in total. The molecule has 0 atom stereocenters. The Hall–Kier alpha value is -2.28. The van der Waals surface area contributed by atoms with Crippen molar-refractivity contribution in [3.63, 3.8) is 0 Å². The van der Waals surface area contributed by atoms with E-state index in [9.17, 15) is 14.0 Å². The molecule has 116 valence electrons. The number of nitrogens with one attached hydrogen (secondary N) is 1. The van der Waals surface area contributed by atoms with Gasteiger partial charge in [0.15, 0.2) is 22.5 Å². The van der Waals surface area contributed by atoms with Crippen LogP contribution >= 0.6 is 11.3 Å². The number of aryl methyl sites for hydroxylation is 1. The highest BCUT2D eigenvalue weighted by molar-refractivity contribution is 7.14. The molecule has 0 aliphatic heterocycles. The molecule has 0 saturated heterocycles. The lowest BCUT2D eigenvalue weighted by Gasteiger charge is -2.05. The van der Waals surface area contributed by atoms with Gasteiger partial charge in [-0.05, 0) is 24.1 Å². The number of Topliss-reactive ketones (excluding diaryl/α,β-unsaturated/α-hetero) is 1. The number of amides is 1. The number of aromatic nitrogens is 1. The molecule has 0 spiro atoms. The molecule has 0 saturated carbocycles. The molecule has 22 heavy (non-hydrogen) atoms. The smallest absolute Gasteiger partial charge is 0.226 e. The van der Waals surface area contributed by atoms with Crippen molar-refractivity contribution in [1.82, 2.24) is 4.98 Å². The molecule has 0 radical (unpaired) electrons. The number of ketones is 1. The topological polar surface area (TPSA) is 68.3 Å². The molecule has 0 aliphatic carbocycles. The third-order valence-electron chi connectivity index (χ3n) is 2.97. The maximum atomic E-state index is 13.5. The van der Waals surface area contributed by atoms with Gasteiger partial charge >= 0.3 is 0 Å². The summed E-state index contributed by atoms with van der Waals surface area (Å²) in [4.78, 5) is 27.0. The second-order valence-corrected chi connectivity index (χ2v) is 5.47. The summed E-state index contributed by atoms with van der Waals surface area (Å²) in [6.07, 6.45) is 0.596. The van der Waals surface area contributed by atoms with Crippen molar-refractivity contribution in [2.75, 3.05) is 12.4 Å². The molecule has 1 aromatic heterocycles. The number of benzene rings is 1. The van der Waals surface area contributed by atoms with Crippen LogP contribution in [0.25, 0.3) is 0 Å². The Morgan fingerprint density at radius 2 is 2.18 bits per heavy atom. The Kier molecular flexibility index (Phi) is 5.21. The fourth-order valence-corrected chi connectivity index (χ4v) is 2.56. The summed E-state index contributed by atoms with van der Waals surface area (Å²) in [7, 11) is 1.40. The average Bonchev–Trinajstić information content (AvgIpc) is 2.94. The SMILES string of the molecule is COc1ccc(CCC(=O)Nc2nc(C(C)=O)cs2)cc1F. The molecule has 0 aliphatic rings. The summed E-state index contributed by atoms with van der Waals surface area (Å²) < 4.78 is 18.4. The standard InChI is InChI=1S/C15H15FN2O3S/c1-9(19)12-8-22-15(17-12)18-14(20)6-4-10-3-5-13(21-2)11(16)7-10/h3,5,7-8H,4,6H2,1-2H3,(H,17,18,20). The van der Waals surface area contributed by atoms with Crippen LogP contribution in [0, 0.1) is 5.82 Å². The fourth-order valence-electron chi connectivity index (χ4n) is 1.80. The molecule has 7 heteroatoms. The maximum absolute atomic E-state index is 13.5. The molecule has 0 unspecified atom stereocenters. The molecular formula is C15H15FN2O3S. The Balaban J connectivity index is 1.89. The zero-order chi connectivity index (χ0) is 16.1. The van der Waals surface area contributed by atoms with Gasteiger partial charge in [-0.3, -0.25) is 9.59 Å². The Morgan fingerprint density at radius 1 is 1.41 bits per heavy atom. The Morgan fingerprint density at radius 3 is 2.77 bits per heavy atom. The normalized spacial score (nSPS) is 10.3. The third-order valence-corrected chi connectivity index (χ3v) is 3.73. The van der Waals surface area contributed by atoms with E-state index in [4.69, 9.17) is 4.74 Å². The van der Waals surface area contributed by atoms with Gasteiger partial charge in [0.1, 0.15) is 5.69 Å². The van der Waals surface area contributed by atoms with E-state index < -0.39 is 5.82 Å². The van der Waals surface area contributed by atoms with Crippen LogP contribution in [-0.2, 0) is 11.2 Å². The first-order valence-corrected chi connectivity index (χ1v) is 7.46. The minimum absolute atomic E-state index is 0.148. The lowest BCUT2D eigenvalue weighted by Crippen LogP contribution is -2.12. The lowest BCUT2D eigenvalue weighted by molar-refractivity contribution is -0.116. The first kappa shape index (κ1) is 16.1. The van der Waals surface area contributed by atoms with E-state index in [-0.39, 0.29) is 23.9 Å². The van der Waals surface area contributed by atoms with Gasteiger partial charge < -0.3 is 10.1 Å². The summed E-state index contributed by atoms with van der Waals surface area (Å²) >= 11 is 1.19. The van der Waals surface area contributed by atoms with Crippen molar-refractivity contribution in [1.29, 1.82) is 0 Å². The zero-order valence-electron chi connectivity index (χ0n) is 12.2. The summed E-state index contributed by atoms with van der Waals surface area (Å²) in [5.41, 5.74) is 1.04. The second-order valence-electron chi connectivity index (χ2n) is 4.61. The molecule has 0 bridgehead atoms. The summed E-state index contributed by atoms with van der Waals surface area (Å²) in [6, 6.07) is 4.60. The quantitative estimate of drug-likeness (QED) is 0.830. The van der Waals surface area contributed by atoms with Crippen molar-refractivity contribution >= 4 is 28.2 Å². The predicted molar refractivity (Wildman–Crippen MR) is 82.0 cm³/mol. The largest absolute Gasteiger partial charge is 0.494 e. The van der Waals surface area contributed by atoms with Gasteiger partial charge in [0.25, 0.3) is 0 Å². The number of nitrogens with zero attached hydrogens (tertiary/aromatic N) is 1. The number of anilines is 1. The van der Waals surface area contributed by atoms with Crippen LogP contribution in [0.15, 0.2) is 23.6 Å². The summed E-state index contributed by atoms with van der Waals surface area (Å²) in [5.74, 6) is -0.662. The van der Waals surface area contributed by atoms with Gasteiger partial charge in [0, 0.05) is 18.7 Å². The van der Waals surface area contributed by atoms with Gasteiger partial charge in [-0.2, -0.15) is 0 Å². The number of hydrogen-bond donors (Lipinski definition) is 1. The van der Waals surface area contributed by atoms with Crippen LogP contribution in [-0.4, -0.2) is 23.8 Å². The van der Waals surface area contributed by atoms with Gasteiger partial charge in [-0.1, -0.05) is 6.07 Å². The highest BCUT2D eigenvalue weighted by atomic mass is 32.1. The monoisotopic (exact) mass is 322 g/mol. The van der Waals surface area contributed by atoms with E-state index in [1.165, 1.54) is 37.5 Å². The number of thiazole rings is 1. The number of hydrogen-bond acceptors (Lipinski definition) is 5. The number of ether oxygens (including phenoxy) is 1. The van der Waals surface area contributed by atoms with Crippen molar-refractivity contribution in [3.8, 4) is 5.75 Å². The molecule has 1 N–H and O–H groups in total. The molecule has 1 amide bonds. The Labute approximate surface area is 131 Å². The maximum Gasteiger partial charge on any atom is 0.226 e. The number of rotatable bonds is 6. The van der Waals surface area contributed by atoms with Crippen LogP contribution in [0.3, 0.4) is 0 Å². The summed E-state index contributed by atoms with van der Waals surface area (Å²) in [6.45, 7) is 1.42. The van der Waals surface area contributed by atoms with Crippen molar-refractivity contribution in [2.24, 2.45) is 0 Å². The molecule has 2 aromatic rings. The number of methoxy groups -OCH3 is 1. The minimum Gasteiger partial charge on any atom is -0.494 e. The molecular weight excluding hydrogens is 307 g/mol. The molecule has 1 heterocycles. The third kappa shape index (κ3) is 4.11.